The van der Waals surface area contributed by atoms with Gasteiger partial charge in [0, 0.05) is 12.8 Å². The highest BCUT2D eigenvalue weighted by Crippen LogP contribution is 2.24. The van der Waals surface area contributed by atoms with Gasteiger partial charge in [0.25, 0.3) is 0 Å². The number of ether oxygens (including phenoxy) is 1. The van der Waals surface area contributed by atoms with Crippen molar-refractivity contribution in [2.24, 2.45) is 4.99 Å². The molecule has 1 aromatic carbocycles. The Balaban J connectivity index is 3.06. The zero-order valence-corrected chi connectivity index (χ0v) is 10.0. The third-order valence-corrected chi connectivity index (χ3v) is 2.36. The Labute approximate surface area is 92.0 Å². The van der Waals surface area contributed by atoms with Crippen molar-refractivity contribution in [3.8, 4) is 0 Å². The number of methoxy groups -OCH3 is 1. The van der Waals surface area contributed by atoms with Gasteiger partial charge in [-0.3, -0.25) is 4.99 Å². The zero-order chi connectivity index (χ0) is 11.3. The van der Waals surface area contributed by atoms with Gasteiger partial charge in [0.05, 0.1) is 12.3 Å². The van der Waals surface area contributed by atoms with Crippen molar-refractivity contribution in [3.63, 3.8) is 0 Å². The van der Waals surface area contributed by atoms with Crippen LogP contribution in [0.4, 0.5) is 5.69 Å². The monoisotopic (exact) mass is 205 g/mol. The van der Waals surface area contributed by atoms with E-state index in [4.69, 9.17) is 4.74 Å². The van der Waals surface area contributed by atoms with Crippen LogP contribution in [0.15, 0.2) is 23.2 Å². The second-order valence-electron chi connectivity index (χ2n) is 3.72. The van der Waals surface area contributed by atoms with Crippen LogP contribution in [0.3, 0.4) is 0 Å². The lowest BCUT2D eigenvalue weighted by Crippen LogP contribution is -2.01. The summed E-state index contributed by atoms with van der Waals surface area (Å²) in [5.41, 5.74) is 4.64. The molecule has 82 valence electrons. The lowest BCUT2D eigenvalue weighted by atomic mass is 10.1. The normalized spacial score (nSPS) is 11.9. The molecule has 0 saturated carbocycles. The average molecular weight is 205 g/mol. The fourth-order valence-electron chi connectivity index (χ4n) is 1.60. The maximum atomic E-state index is 5.06. The van der Waals surface area contributed by atoms with Gasteiger partial charge in [0.1, 0.15) is 0 Å². The molecule has 0 heterocycles. The fraction of sp³-hybridized carbons (Fsp3) is 0.462. The average Bonchev–Trinajstić information content (AvgIpc) is 2.21. The summed E-state index contributed by atoms with van der Waals surface area (Å²) in [5.74, 6) is 0. The van der Waals surface area contributed by atoms with E-state index in [2.05, 4.69) is 37.0 Å². The van der Waals surface area contributed by atoms with Crippen molar-refractivity contribution >= 4 is 11.4 Å². The van der Waals surface area contributed by atoms with Crippen molar-refractivity contribution in [1.29, 1.82) is 0 Å². The number of aliphatic imine (C=N–C) groups is 1. The highest BCUT2D eigenvalue weighted by molar-refractivity contribution is 5.86. The molecule has 1 rings (SSSR count). The molecular weight excluding hydrogens is 186 g/mol. The van der Waals surface area contributed by atoms with Crippen molar-refractivity contribution in [1.82, 2.24) is 0 Å². The minimum absolute atomic E-state index is 0.595. The molecule has 0 bridgehead atoms. The van der Waals surface area contributed by atoms with Gasteiger partial charge in [0.15, 0.2) is 0 Å². The van der Waals surface area contributed by atoms with Gasteiger partial charge in [-0.2, -0.15) is 0 Å². The van der Waals surface area contributed by atoms with Crippen molar-refractivity contribution in [3.05, 3.63) is 29.3 Å². The molecule has 0 aliphatic heterocycles. The van der Waals surface area contributed by atoms with E-state index in [0.717, 1.165) is 17.8 Å². The summed E-state index contributed by atoms with van der Waals surface area (Å²) in [6.07, 6.45) is 1.01. The maximum absolute atomic E-state index is 5.06. The van der Waals surface area contributed by atoms with Crippen LogP contribution in [0.25, 0.3) is 0 Å². The first-order valence-electron chi connectivity index (χ1n) is 5.30. The quantitative estimate of drug-likeness (QED) is 0.691. The molecule has 0 spiro atoms. The Hall–Kier alpha value is -1.15. The Morgan fingerprint density at radius 3 is 2.73 bits per heavy atom. The smallest absolute Gasteiger partial charge is 0.0842 e. The van der Waals surface area contributed by atoms with Crippen LogP contribution in [0.5, 0.6) is 0 Å². The number of hydrogen-bond donors (Lipinski definition) is 0. The summed E-state index contributed by atoms with van der Waals surface area (Å²) in [6.45, 7) is 6.84. The van der Waals surface area contributed by atoms with E-state index in [-0.39, 0.29) is 0 Å². The van der Waals surface area contributed by atoms with Gasteiger partial charge in [-0.1, -0.05) is 25.1 Å². The van der Waals surface area contributed by atoms with Crippen LogP contribution in [0, 0.1) is 6.92 Å². The fourth-order valence-corrected chi connectivity index (χ4v) is 1.60. The summed E-state index contributed by atoms with van der Waals surface area (Å²) < 4.78 is 5.06. The number of rotatable bonds is 4. The first-order chi connectivity index (χ1) is 7.19. The number of hydrogen-bond acceptors (Lipinski definition) is 2. The Kier molecular flexibility index (Phi) is 4.50. The Morgan fingerprint density at radius 2 is 2.13 bits per heavy atom. The summed E-state index contributed by atoms with van der Waals surface area (Å²) in [4.78, 5) is 4.61. The third-order valence-electron chi connectivity index (χ3n) is 2.36. The number of aryl methyl sites for hydroxylation is 2. The Bertz CT molecular complexity index is 356. The molecular formula is C13H19NO. The van der Waals surface area contributed by atoms with Crippen molar-refractivity contribution < 1.29 is 4.74 Å². The van der Waals surface area contributed by atoms with Gasteiger partial charge >= 0.3 is 0 Å². The van der Waals surface area contributed by atoms with Gasteiger partial charge in [-0.15, -0.1) is 0 Å². The minimum Gasteiger partial charge on any atom is -0.379 e. The standard InChI is InChI=1S/C13H19NO/c1-5-12-8-6-7-10(2)13(12)14-11(3)9-15-4/h6-8H,5,9H2,1-4H3. The number of nitrogens with zero attached hydrogens (tertiary/aromatic N) is 1. The molecule has 0 aliphatic carbocycles. The first-order valence-corrected chi connectivity index (χ1v) is 5.30. The second kappa shape index (κ2) is 5.66. The van der Waals surface area contributed by atoms with E-state index in [1.54, 1.807) is 7.11 Å². The van der Waals surface area contributed by atoms with E-state index < -0.39 is 0 Å². The molecule has 0 amide bonds. The van der Waals surface area contributed by atoms with Crippen LogP contribution < -0.4 is 0 Å². The molecule has 2 nitrogen and oxygen atoms in total. The lowest BCUT2D eigenvalue weighted by Gasteiger charge is -2.07. The van der Waals surface area contributed by atoms with E-state index in [1.165, 1.54) is 11.1 Å². The maximum Gasteiger partial charge on any atom is 0.0842 e. The highest BCUT2D eigenvalue weighted by atomic mass is 16.5. The predicted octanol–water partition coefficient (Wildman–Crippen LogP) is 3.30. The number of benzene rings is 1. The van der Waals surface area contributed by atoms with E-state index in [0.29, 0.717) is 6.61 Å². The molecule has 0 atom stereocenters. The molecule has 0 saturated heterocycles. The minimum atomic E-state index is 0.595. The summed E-state index contributed by atoms with van der Waals surface area (Å²) >= 11 is 0. The molecule has 0 fully saturated rings. The molecule has 0 aromatic heterocycles. The number of para-hydroxylation sites is 1. The summed E-state index contributed by atoms with van der Waals surface area (Å²) in [7, 11) is 1.69. The Morgan fingerprint density at radius 1 is 1.40 bits per heavy atom. The zero-order valence-electron chi connectivity index (χ0n) is 10.0. The van der Waals surface area contributed by atoms with E-state index in [9.17, 15) is 0 Å². The topological polar surface area (TPSA) is 21.6 Å². The van der Waals surface area contributed by atoms with Crippen LogP contribution in [-0.2, 0) is 11.2 Å². The summed E-state index contributed by atoms with van der Waals surface area (Å²) in [5, 5.41) is 0. The van der Waals surface area contributed by atoms with Gasteiger partial charge < -0.3 is 4.74 Å². The molecule has 0 unspecified atom stereocenters. The SMILES string of the molecule is CCc1cccc(C)c1N=C(C)COC. The molecule has 0 aliphatic rings. The molecule has 0 N–H and O–H groups in total. The van der Waals surface area contributed by atoms with Crippen LogP contribution >= 0.6 is 0 Å². The van der Waals surface area contributed by atoms with Crippen LogP contribution in [0.1, 0.15) is 25.0 Å². The van der Waals surface area contributed by atoms with Crippen LogP contribution in [-0.4, -0.2) is 19.4 Å². The molecule has 15 heavy (non-hydrogen) atoms. The predicted molar refractivity (Wildman–Crippen MR) is 65.2 cm³/mol. The van der Waals surface area contributed by atoms with Crippen LogP contribution in [0.2, 0.25) is 0 Å². The van der Waals surface area contributed by atoms with Gasteiger partial charge in [-0.05, 0) is 31.4 Å². The summed E-state index contributed by atoms with van der Waals surface area (Å²) in [6, 6.07) is 6.31. The lowest BCUT2D eigenvalue weighted by molar-refractivity contribution is 0.245. The largest absolute Gasteiger partial charge is 0.379 e. The molecule has 2 heteroatoms. The van der Waals surface area contributed by atoms with Crippen molar-refractivity contribution in [2.75, 3.05) is 13.7 Å². The van der Waals surface area contributed by atoms with E-state index >= 15 is 0 Å². The van der Waals surface area contributed by atoms with E-state index in [1.807, 2.05) is 6.92 Å². The molecule has 0 radical (unpaired) electrons. The van der Waals surface area contributed by atoms with Gasteiger partial charge in [-0.25, -0.2) is 0 Å². The second-order valence-corrected chi connectivity index (χ2v) is 3.72. The van der Waals surface area contributed by atoms with Crippen molar-refractivity contribution in [2.45, 2.75) is 27.2 Å². The third kappa shape index (κ3) is 3.17. The highest BCUT2D eigenvalue weighted by Gasteiger charge is 2.02. The van der Waals surface area contributed by atoms with Gasteiger partial charge in [0.2, 0.25) is 0 Å². The first kappa shape index (κ1) is 11.9. The molecule has 1 aromatic rings.